The van der Waals surface area contributed by atoms with Gasteiger partial charge in [0.15, 0.2) is 5.96 Å². The Morgan fingerprint density at radius 2 is 2.06 bits per heavy atom. The summed E-state index contributed by atoms with van der Waals surface area (Å²) >= 11 is 0. The fourth-order valence-electron chi connectivity index (χ4n) is 3.41. The summed E-state index contributed by atoms with van der Waals surface area (Å²) in [6, 6.07) is 8.75. The lowest BCUT2D eigenvalue weighted by Gasteiger charge is -2.31. The van der Waals surface area contributed by atoms with Crippen LogP contribution < -0.4 is 15.4 Å². The Bertz CT molecular complexity index is 809. The second-order valence-electron chi connectivity index (χ2n) is 7.40. The van der Waals surface area contributed by atoms with Crippen molar-refractivity contribution in [2.24, 2.45) is 12.0 Å². The predicted molar refractivity (Wildman–Crippen MR) is 132 cm³/mol. The summed E-state index contributed by atoms with van der Waals surface area (Å²) in [5.74, 6) is 2.44. The number of likely N-dealkylation sites (N-methyl/N-ethyl adjacent to an activating group) is 1. The molecule has 2 aromatic rings. The summed E-state index contributed by atoms with van der Waals surface area (Å²) in [5.41, 5.74) is 1.13. The molecule has 1 saturated heterocycles. The smallest absolute Gasteiger partial charge is 0.191 e. The summed E-state index contributed by atoms with van der Waals surface area (Å²) in [7, 11) is 5.78. The molecule has 0 aliphatic carbocycles. The number of benzene rings is 1. The van der Waals surface area contributed by atoms with Crippen LogP contribution in [0.5, 0.6) is 5.75 Å². The maximum Gasteiger partial charge on any atom is 0.191 e. The lowest BCUT2D eigenvalue weighted by atomic mass is 10.1. The van der Waals surface area contributed by atoms with Crippen LogP contribution in [0.4, 0.5) is 0 Å². The van der Waals surface area contributed by atoms with Crippen molar-refractivity contribution in [3.05, 3.63) is 42.0 Å². The van der Waals surface area contributed by atoms with Gasteiger partial charge in [0.2, 0.25) is 0 Å². The van der Waals surface area contributed by atoms with Gasteiger partial charge in [0.05, 0.1) is 6.54 Å². The fourth-order valence-corrected chi connectivity index (χ4v) is 3.41. The van der Waals surface area contributed by atoms with Crippen LogP contribution in [-0.2, 0) is 24.9 Å². The van der Waals surface area contributed by atoms with Crippen molar-refractivity contribution in [3.63, 3.8) is 0 Å². The third-order valence-corrected chi connectivity index (χ3v) is 5.33. The Morgan fingerprint density at radius 1 is 1.29 bits per heavy atom. The van der Waals surface area contributed by atoms with Gasteiger partial charge in [-0.2, -0.15) is 5.10 Å². The largest absolute Gasteiger partial charge is 0.492 e. The van der Waals surface area contributed by atoms with Crippen molar-refractivity contribution in [1.29, 1.82) is 0 Å². The first-order valence-electron chi connectivity index (χ1n) is 10.4. The van der Waals surface area contributed by atoms with Crippen LogP contribution in [-0.4, -0.2) is 72.1 Å². The van der Waals surface area contributed by atoms with Gasteiger partial charge < -0.3 is 20.1 Å². The molecule has 1 aliphatic heterocycles. The molecule has 1 aliphatic rings. The van der Waals surface area contributed by atoms with Crippen LogP contribution in [0.15, 0.2) is 35.6 Å². The molecule has 2 N–H and O–H groups in total. The molecule has 1 aromatic heterocycles. The summed E-state index contributed by atoms with van der Waals surface area (Å²) in [6.07, 6.45) is 3.74. The highest BCUT2D eigenvalue weighted by molar-refractivity contribution is 14.0. The summed E-state index contributed by atoms with van der Waals surface area (Å²) in [4.78, 5) is 10.8. The monoisotopic (exact) mass is 543 g/mol. The van der Waals surface area contributed by atoms with E-state index in [2.05, 4.69) is 49.8 Å². The molecule has 3 rings (SSSR count). The van der Waals surface area contributed by atoms with Gasteiger partial charge in [0.1, 0.15) is 24.5 Å². The minimum Gasteiger partial charge on any atom is -0.492 e. The summed E-state index contributed by atoms with van der Waals surface area (Å²) in [5, 5.41) is 10.6. The van der Waals surface area contributed by atoms with Gasteiger partial charge in [-0.25, -0.2) is 4.98 Å². The van der Waals surface area contributed by atoms with E-state index in [4.69, 9.17) is 9.47 Å². The molecule has 2 heterocycles. The molecule has 0 unspecified atom stereocenters. The van der Waals surface area contributed by atoms with Gasteiger partial charge >= 0.3 is 0 Å². The lowest BCUT2D eigenvalue weighted by Crippen LogP contribution is -2.38. The first-order chi connectivity index (χ1) is 14.7. The predicted octanol–water partition coefficient (Wildman–Crippen LogP) is 1.79. The van der Waals surface area contributed by atoms with E-state index in [9.17, 15) is 0 Å². The normalized spacial score (nSPS) is 14.9. The Labute approximate surface area is 201 Å². The number of aryl methyl sites for hydroxylation is 1. The highest BCUT2D eigenvalue weighted by Gasteiger charge is 2.17. The molecule has 31 heavy (non-hydrogen) atoms. The average Bonchev–Trinajstić information content (AvgIpc) is 3.19. The van der Waals surface area contributed by atoms with Gasteiger partial charge in [-0.15, -0.1) is 24.0 Å². The van der Waals surface area contributed by atoms with Crippen molar-refractivity contribution in [1.82, 2.24) is 30.3 Å². The number of nitrogens with zero attached hydrogens (tertiary/aromatic N) is 5. The Morgan fingerprint density at radius 3 is 2.77 bits per heavy atom. The van der Waals surface area contributed by atoms with E-state index in [1.807, 2.05) is 19.2 Å². The minimum absolute atomic E-state index is 0. The van der Waals surface area contributed by atoms with Crippen molar-refractivity contribution in [2.75, 3.05) is 40.5 Å². The molecule has 0 bridgehead atoms. The molecular weight excluding hydrogens is 509 g/mol. The Hall–Kier alpha value is -1.92. The highest BCUT2D eigenvalue weighted by atomic mass is 127. The molecule has 1 aromatic carbocycles. The molecule has 0 saturated carbocycles. The number of guanidine groups is 1. The minimum atomic E-state index is 0. The van der Waals surface area contributed by atoms with Gasteiger partial charge in [0.25, 0.3) is 0 Å². The lowest BCUT2D eigenvalue weighted by molar-refractivity contribution is 0.0392. The standard InChI is InChI=1S/C21H33N7O2.HI/c1-22-21(24-15-20-25-16-26-28(20)3)23-14-17-5-4-6-19(13-17)30-12-9-27(2)18-7-10-29-11-8-18;/h4-6,13,16,18H,7-12,14-15H2,1-3H3,(H2,22,23,24);1H. The van der Waals surface area contributed by atoms with Gasteiger partial charge in [-0.1, -0.05) is 12.1 Å². The van der Waals surface area contributed by atoms with Crippen LogP contribution in [0.2, 0.25) is 0 Å². The van der Waals surface area contributed by atoms with E-state index < -0.39 is 0 Å². The van der Waals surface area contributed by atoms with E-state index in [0.717, 1.165) is 49.7 Å². The molecule has 10 heteroatoms. The van der Waals surface area contributed by atoms with Crippen molar-refractivity contribution < 1.29 is 9.47 Å². The van der Waals surface area contributed by atoms with Crippen LogP contribution in [0, 0.1) is 0 Å². The fraction of sp³-hybridized carbons (Fsp3) is 0.571. The van der Waals surface area contributed by atoms with Crippen LogP contribution in [0.25, 0.3) is 0 Å². The SMILES string of the molecule is CN=C(NCc1cccc(OCCN(C)C2CCOCC2)c1)NCc1ncnn1C.I. The van der Waals surface area contributed by atoms with E-state index in [1.165, 1.54) is 0 Å². The van der Waals surface area contributed by atoms with Crippen molar-refractivity contribution in [3.8, 4) is 5.75 Å². The highest BCUT2D eigenvalue weighted by Crippen LogP contribution is 2.15. The van der Waals surface area contributed by atoms with Gasteiger partial charge in [-0.05, 0) is 37.6 Å². The number of aliphatic imine (C=N–C) groups is 1. The number of nitrogens with one attached hydrogen (secondary N) is 2. The quantitative estimate of drug-likeness (QED) is 0.283. The van der Waals surface area contributed by atoms with Crippen LogP contribution in [0.3, 0.4) is 0 Å². The number of hydrogen-bond donors (Lipinski definition) is 2. The van der Waals surface area contributed by atoms with E-state index >= 15 is 0 Å². The topological polar surface area (TPSA) is 88.8 Å². The average molecular weight is 543 g/mol. The zero-order valence-corrected chi connectivity index (χ0v) is 20.9. The molecule has 172 valence electrons. The molecule has 1 fully saturated rings. The van der Waals surface area contributed by atoms with Gasteiger partial charge in [0, 0.05) is 46.4 Å². The van der Waals surface area contributed by atoms with E-state index in [-0.39, 0.29) is 24.0 Å². The maximum atomic E-state index is 5.99. The Balaban J connectivity index is 0.00000341. The van der Waals surface area contributed by atoms with Gasteiger partial charge in [-0.3, -0.25) is 14.6 Å². The molecule has 0 atom stereocenters. The van der Waals surface area contributed by atoms with Crippen LogP contribution in [0.1, 0.15) is 24.2 Å². The second kappa shape index (κ2) is 13.5. The van der Waals surface area contributed by atoms with E-state index in [1.54, 1.807) is 18.1 Å². The number of aromatic nitrogens is 3. The zero-order chi connectivity index (χ0) is 21.2. The van der Waals surface area contributed by atoms with Crippen LogP contribution >= 0.6 is 24.0 Å². The maximum absolute atomic E-state index is 5.99. The molecular formula is C21H34IN7O2. The Kier molecular flexibility index (Phi) is 11.0. The first-order valence-corrected chi connectivity index (χ1v) is 10.4. The molecule has 9 nitrogen and oxygen atoms in total. The van der Waals surface area contributed by atoms with Crippen molar-refractivity contribution in [2.45, 2.75) is 32.0 Å². The number of ether oxygens (including phenoxy) is 2. The third kappa shape index (κ3) is 8.26. The number of halogens is 1. The molecule has 0 radical (unpaired) electrons. The number of hydrogen-bond acceptors (Lipinski definition) is 6. The second-order valence-corrected chi connectivity index (χ2v) is 7.40. The zero-order valence-electron chi connectivity index (χ0n) is 18.6. The third-order valence-electron chi connectivity index (χ3n) is 5.33. The van der Waals surface area contributed by atoms with Crippen molar-refractivity contribution >= 4 is 29.9 Å². The molecule has 0 spiro atoms. The first kappa shape index (κ1) is 25.3. The summed E-state index contributed by atoms with van der Waals surface area (Å²) in [6.45, 7) is 4.51. The molecule has 0 amide bonds. The van der Waals surface area contributed by atoms with E-state index in [0.29, 0.717) is 31.7 Å². The number of rotatable bonds is 9. The summed E-state index contributed by atoms with van der Waals surface area (Å²) < 4.78 is 13.2.